The van der Waals surface area contributed by atoms with Crippen LogP contribution in [-0.2, 0) is 13.1 Å². The van der Waals surface area contributed by atoms with Crippen molar-refractivity contribution in [1.29, 1.82) is 0 Å². The molecule has 0 spiro atoms. The van der Waals surface area contributed by atoms with Crippen molar-refractivity contribution >= 4 is 6.03 Å². The minimum Gasteiger partial charge on any atom is -0.481 e. The Morgan fingerprint density at radius 3 is 3.00 bits per heavy atom. The number of rotatable bonds is 5. The lowest BCUT2D eigenvalue weighted by Crippen LogP contribution is -2.36. The lowest BCUT2D eigenvalue weighted by molar-refractivity contribution is 0.205. The Balaban J connectivity index is 1.89. The Hall–Kier alpha value is -2.57. The van der Waals surface area contributed by atoms with Crippen LogP contribution >= 0.6 is 0 Å². The minimum atomic E-state index is -0.207. The lowest BCUT2D eigenvalue weighted by atomic mass is 10.2. The average molecular weight is 290 g/mol. The summed E-state index contributed by atoms with van der Waals surface area (Å²) in [6, 6.07) is 5.24. The fraction of sp³-hybridized carbons (Fsp3) is 0.357. The fourth-order valence-electron chi connectivity index (χ4n) is 1.86. The van der Waals surface area contributed by atoms with Crippen molar-refractivity contribution in [2.45, 2.75) is 20.0 Å². The minimum absolute atomic E-state index is 0.207. The van der Waals surface area contributed by atoms with Gasteiger partial charge in [-0.3, -0.25) is 0 Å². The van der Waals surface area contributed by atoms with Gasteiger partial charge in [0.1, 0.15) is 11.5 Å². The Bertz CT molecular complexity index is 612. The predicted molar refractivity (Wildman–Crippen MR) is 75.7 cm³/mol. The van der Waals surface area contributed by atoms with Crippen LogP contribution in [-0.4, -0.2) is 35.2 Å². The molecule has 0 radical (unpaired) electrons. The largest absolute Gasteiger partial charge is 0.481 e. The molecule has 0 fully saturated rings. The smallest absolute Gasteiger partial charge is 0.317 e. The molecule has 7 heteroatoms. The van der Waals surface area contributed by atoms with Crippen LogP contribution < -0.4 is 10.1 Å². The first-order valence-electron chi connectivity index (χ1n) is 6.49. The van der Waals surface area contributed by atoms with Gasteiger partial charge in [0.25, 0.3) is 0 Å². The summed E-state index contributed by atoms with van der Waals surface area (Å²) >= 11 is 0. The Morgan fingerprint density at radius 1 is 1.52 bits per heavy atom. The Kier molecular flexibility index (Phi) is 4.76. The molecule has 21 heavy (non-hydrogen) atoms. The molecule has 2 amide bonds. The molecule has 0 unspecified atom stereocenters. The van der Waals surface area contributed by atoms with Gasteiger partial charge in [0.05, 0.1) is 13.7 Å². The van der Waals surface area contributed by atoms with Gasteiger partial charge in [0, 0.05) is 31.4 Å². The third-order valence-corrected chi connectivity index (χ3v) is 2.90. The van der Waals surface area contributed by atoms with E-state index in [-0.39, 0.29) is 6.03 Å². The van der Waals surface area contributed by atoms with Gasteiger partial charge in [-0.15, -0.1) is 0 Å². The quantitative estimate of drug-likeness (QED) is 0.907. The van der Waals surface area contributed by atoms with Gasteiger partial charge in [-0.25, -0.2) is 9.78 Å². The maximum Gasteiger partial charge on any atom is 0.317 e. The molecular weight excluding hydrogens is 272 g/mol. The van der Waals surface area contributed by atoms with Crippen LogP contribution in [0.3, 0.4) is 0 Å². The van der Waals surface area contributed by atoms with Crippen molar-refractivity contribution < 1.29 is 14.1 Å². The highest BCUT2D eigenvalue weighted by Gasteiger charge is 2.12. The highest BCUT2D eigenvalue weighted by Crippen LogP contribution is 2.13. The molecule has 0 aromatic carbocycles. The molecule has 0 saturated heterocycles. The number of carbonyl (C=O) groups is 1. The molecule has 2 rings (SSSR count). The number of urea groups is 1. The predicted octanol–water partition coefficient (Wildman–Crippen LogP) is 1.73. The molecule has 7 nitrogen and oxygen atoms in total. The molecule has 2 heterocycles. The summed E-state index contributed by atoms with van der Waals surface area (Å²) in [6.45, 7) is 2.54. The first-order chi connectivity index (χ1) is 10.1. The summed E-state index contributed by atoms with van der Waals surface area (Å²) in [6.07, 6.45) is 1.64. The molecule has 0 saturated carbocycles. The monoisotopic (exact) mass is 290 g/mol. The van der Waals surface area contributed by atoms with E-state index in [4.69, 9.17) is 9.26 Å². The zero-order valence-electron chi connectivity index (χ0n) is 12.3. The van der Waals surface area contributed by atoms with Crippen LogP contribution in [0.1, 0.15) is 17.0 Å². The number of amides is 2. The van der Waals surface area contributed by atoms with Crippen molar-refractivity contribution in [3.05, 3.63) is 41.4 Å². The number of ether oxygens (including phenoxy) is 1. The molecule has 0 aliphatic rings. The van der Waals surface area contributed by atoms with Crippen LogP contribution in [0.25, 0.3) is 0 Å². The van der Waals surface area contributed by atoms with E-state index in [1.54, 1.807) is 32.5 Å². The van der Waals surface area contributed by atoms with Crippen molar-refractivity contribution in [2.24, 2.45) is 0 Å². The van der Waals surface area contributed by atoms with E-state index in [9.17, 15) is 4.79 Å². The van der Waals surface area contributed by atoms with Crippen LogP contribution in [0.2, 0.25) is 0 Å². The topological polar surface area (TPSA) is 80.5 Å². The van der Waals surface area contributed by atoms with Crippen molar-refractivity contribution in [3.63, 3.8) is 0 Å². The second kappa shape index (κ2) is 6.74. The van der Waals surface area contributed by atoms with Crippen molar-refractivity contribution in [2.75, 3.05) is 14.2 Å². The number of aryl methyl sites for hydroxylation is 1. The Morgan fingerprint density at radius 2 is 2.33 bits per heavy atom. The van der Waals surface area contributed by atoms with Gasteiger partial charge in [0.2, 0.25) is 5.88 Å². The summed E-state index contributed by atoms with van der Waals surface area (Å²) in [7, 11) is 3.24. The summed E-state index contributed by atoms with van der Waals surface area (Å²) in [5.41, 5.74) is 1.53. The maximum atomic E-state index is 12.0. The first-order valence-corrected chi connectivity index (χ1v) is 6.49. The third kappa shape index (κ3) is 3.95. The molecule has 0 aliphatic carbocycles. The van der Waals surface area contributed by atoms with Gasteiger partial charge in [-0.2, -0.15) is 0 Å². The number of nitrogens with one attached hydrogen (secondary N) is 1. The summed E-state index contributed by atoms with van der Waals surface area (Å²) in [5, 5.41) is 6.67. The molecule has 0 aliphatic heterocycles. The zero-order chi connectivity index (χ0) is 15.2. The lowest BCUT2D eigenvalue weighted by Gasteiger charge is -2.17. The number of aromatic nitrogens is 2. The molecule has 112 valence electrons. The highest BCUT2D eigenvalue weighted by atomic mass is 16.5. The molecule has 2 aromatic heterocycles. The van der Waals surface area contributed by atoms with Crippen LogP contribution in [0, 0.1) is 6.92 Å². The molecule has 0 atom stereocenters. The second-order valence-electron chi connectivity index (χ2n) is 4.62. The van der Waals surface area contributed by atoms with Crippen molar-refractivity contribution in [1.82, 2.24) is 20.4 Å². The van der Waals surface area contributed by atoms with Crippen molar-refractivity contribution in [3.8, 4) is 5.88 Å². The number of pyridine rings is 1. The van der Waals surface area contributed by atoms with E-state index in [1.165, 1.54) is 4.90 Å². The third-order valence-electron chi connectivity index (χ3n) is 2.90. The highest BCUT2D eigenvalue weighted by molar-refractivity contribution is 5.73. The number of hydrogen-bond donors (Lipinski definition) is 1. The van der Waals surface area contributed by atoms with E-state index in [2.05, 4.69) is 15.5 Å². The number of hydrogen-bond acceptors (Lipinski definition) is 5. The zero-order valence-corrected chi connectivity index (χ0v) is 12.3. The van der Waals surface area contributed by atoms with E-state index >= 15 is 0 Å². The van der Waals surface area contributed by atoms with E-state index < -0.39 is 0 Å². The number of carbonyl (C=O) groups excluding carboxylic acids is 1. The normalized spacial score (nSPS) is 10.2. The molecule has 1 N–H and O–H groups in total. The Labute approximate surface area is 122 Å². The van der Waals surface area contributed by atoms with Gasteiger partial charge in [0.15, 0.2) is 0 Å². The van der Waals surface area contributed by atoms with Gasteiger partial charge < -0.3 is 19.5 Å². The van der Waals surface area contributed by atoms with Crippen LogP contribution in [0.5, 0.6) is 5.88 Å². The van der Waals surface area contributed by atoms with Gasteiger partial charge >= 0.3 is 6.03 Å². The van der Waals surface area contributed by atoms with E-state index in [1.807, 2.05) is 13.0 Å². The SMILES string of the molecule is COc1ncccc1CNC(=O)N(C)Cc1cc(C)on1. The van der Waals surface area contributed by atoms with Crippen LogP contribution in [0.4, 0.5) is 4.79 Å². The first kappa shape index (κ1) is 14.8. The van der Waals surface area contributed by atoms with Crippen LogP contribution in [0.15, 0.2) is 28.9 Å². The number of methoxy groups -OCH3 is 1. The number of nitrogens with zero attached hydrogens (tertiary/aromatic N) is 3. The fourth-order valence-corrected chi connectivity index (χ4v) is 1.86. The van der Waals surface area contributed by atoms with E-state index in [0.29, 0.717) is 24.7 Å². The van der Waals surface area contributed by atoms with Gasteiger partial charge in [-0.1, -0.05) is 11.2 Å². The maximum absolute atomic E-state index is 12.0. The molecular formula is C14H18N4O3. The van der Waals surface area contributed by atoms with E-state index in [0.717, 1.165) is 11.3 Å². The standard InChI is InChI=1S/C14H18N4O3/c1-10-7-12(17-21-10)9-18(2)14(19)16-8-11-5-4-6-15-13(11)20-3/h4-7H,8-9H2,1-3H3,(H,16,19). The summed E-state index contributed by atoms with van der Waals surface area (Å²) in [5.74, 6) is 1.23. The molecule has 0 bridgehead atoms. The summed E-state index contributed by atoms with van der Waals surface area (Å²) < 4.78 is 10.1. The molecule has 2 aromatic rings. The second-order valence-corrected chi connectivity index (χ2v) is 4.62. The average Bonchev–Trinajstić information content (AvgIpc) is 2.90. The van der Waals surface area contributed by atoms with Gasteiger partial charge in [-0.05, 0) is 13.0 Å². The summed E-state index contributed by atoms with van der Waals surface area (Å²) in [4.78, 5) is 17.6.